The quantitative estimate of drug-likeness (QED) is 0.786. The molecule has 132 valence electrons. The molecule has 0 aliphatic heterocycles. The Hall–Kier alpha value is -3.21. The van der Waals surface area contributed by atoms with Gasteiger partial charge in [0.2, 0.25) is 5.91 Å². The fourth-order valence-corrected chi connectivity index (χ4v) is 2.65. The average molecular weight is 347 g/mol. The topological polar surface area (TPSA) is 64.0 Å². The van der Waals surface area contributed by atoms with Crippen LogP contribution in [0.1, 0.15) is 16.7 Å². The van der Waals surface area contributed by atoms with E-state index in [0.717, 1.165) is 27.9 Å². The van der Waals surface area contributed by atoms with Gasteiger partial charge in [-0.2, -0.15) is 5.10 Å². The van der Waals surface area contributed by atoms with E-state index in [0.29, 0.717) is 5.69 Å². The maximum absolute atomic E-state index is 12.4. The van der Waals surface area contributed by atoms with E-state index in [-0.39, 0.29) is 18.0 Å². The second kappa shape index (κ2) is 7.35. The van der Waals surface area contributed by atoms with Crippen LogP contribution in [-0.4, -0.2) is 15.7 Å². The number of benzene rings is 2. The van der Waals surface area contributed by atoms with Crippen LogP contribution < -0.4 is 10.9 Å². The van der Waals surface area contributed by atoms with Gasteiger partial charge in [0.05, 0.1) is 5.69 Å². The number of carbonyl (C=O) groups is 1. The molecule has 0 saturated carbocycles. The number of nitrogens with zero attached hydrogens (tertiary/aromatic N) is 2. The van der Waals surface area contributed by atoms with Gasteiger partial charge in [0.1, 0.15) is 6.54 Å². The molecule has 5 nitrogen and oxygen atoms in total. The van der Waals surface area contributed by atoms with E-state index in [9.17, 15) is 9.59 Å². The van der Waals surface area contributed by atoms with Gasteiger partial charge in [0, 0.05) is 17.3 Å². The summed E-state index contributed by atoms with van der Waals surface area (Å²) in [5, 5.41) is 7.19. The summed E-state index contributed by atoms with van der Waals surface area (Å²) in [4.78, 5) is 24.5. The number of aromatic nitrogens is 2. The smallest absolute Gasteiger partial charge is 0.267 e. The highest BCUT2D eigenvalue weighted by Crippen LogP contribution is 2.18. The Bertz CT molecular complexity index is 1000. The zero-order chi connectivity index (χ0) is 18.7. The van der Waals surface area contributed by atoms with Gasteiger partial charge >= 0.3 is 0 Å². The van der Waals surface area contributed by atoms with Crippen LogP contribution in [0.3, 0.4) is 0 Å². The van der Waals surface area contributed by atoms with Gasteiger partial charge in [-0.3, -0.25) is 9.59 Å². The average Bonchev–Trinajstić information content (AvgIpc) is 2.62. The molecule has 0 unspecified atom stereocenters. The number of aryl methyl sites for hydroxylation is 2. The SMILES string of the molecule is Cc1ccc(-c2ccc(=O)n(CC(=O)Nc3cccc(C)c3C)n2)cc1. The summed E-state index contributed by atoms with van der Waals surface area (Å²) in [6.45, 7) is 5.82. The third-order valence-corrected chi connectivity index (χ3v) is 4.39. The van der Waals surface area contributed by atoms with Crippen molar-refractivity contribution in [1.82, 2.24) is 9.78 Å². The lowest BCUT2D eigenvalue weighted by Crippen LogP contribution is -2.29. The van der Waals surface area contributed by atoms with Crippen molar-refractivity contribution >= 4 is 11.6 Å². The third-order valence-electron chi connectivity index (χ3n) is 4.39. The molecular formula is C21H21N3O2. The van der Waals surface area contributed by atoms with Crippen LogP contribution in [0.25, 0.3) is 11.3 Å². The maximum Gasteiger partial charge on any atom is 0.267 e. The first-order valence-electron chi connectivity index (χ1n) is 8.45. The highest BCUT2D eigenvalue weighted by atomic mass is 16.2. The van der Waals surface area contributed by atoms with Crippen LogP contribution in [0.5, 0.6) is 0 Å². The summed E-state index contributed by atoms with van der Waals surface area (Å²) < 4.78 is 1.19. The molecule has 0 atom stereocenters. The number of carbonyl (C=O) groups excluding carboxylic acids is 1. The van der Waals surface area contributed by atoms with E-state index in [1.165, 1.54) is 10.7 Å². The van der Waals surface area contributed by atoms with Gasteiger partial charge < -0.3 is 5.32 Å². The summed E-state index contributed by atoms with van der Waals surface area (Å²) in [7, 11) is 0. The lowest BCUT2D eigenvalue weighted by Gasteiger charge is -2.11. The highest BCUT2D eigenvalue weighted by Gasteiger charge is 2.10. The lowest BCUT2D eigenvalue weighted by atomic mass is 10.1. The summed E-state index contributed by atoms with van der Waals surface area (Å²) >= 11 is 0. The minimum absolute atomic E-state index is 0.133. The van der Waals surface area contributed by atoms with Crippen molar-refractivity contribution in [3.63, 3.8) is 0 Å². The van der Waals surface area contributed by atoms with Crippen molar-refractivity contribution in [1.29, 1.82) is 0 Å². The summed E-state index contributed by atoms with van der Waals surface area (Å²) in [6.07, 6.45) is 0. The van der Waals surface area contributed by atoms with Crippen molar-refractivity contribution in [2.75, 3.05) is 5.32 Å². The predicted molar refractivity (Wildman–Crippen MR) is 103 cm³/mol. The molecule has 1 amide bonds. The van der Waals surface area contributed by atoms with E-state index in [4.69, 9.17) is 0 Å². The minimum atomic E-state index is -0.308. The molecule has 3 aromatic rings. The Morgan fingerprint density at radius 1 is 1.00 bits per heavy atom. The van der Waals surface area contributed by atoms with E-state index in [2.05, 4.69) is 10.4 Å². The van der Waals surface area contributed by atoms with Crippen LogP contribution in [0, 0.1) is 20.8 Å². The molecule has 1 heterocycles. The molecule has 2 aromatic carbocycles. The largest absolute Gasteiger partial charge is 0.324 e. The van der Waals surface area contributed by atoms with Crippen molar-refractivity contribution in [3.05, 3.63) is 81.6 Å². The van der Waals surface area contributed by atoms with Gasteiger partial charge in [-0.1, -0.05) is 42.0 Å². The second-order valence-electron chi connectivity index (χ2n) is 6.38. The van der Waals surface area contributed by atoms with Crippen LogP contribution in [-0.2, 0) is 11.3 Å². The van der Waals surface area contributed by atoms with Crippen molar-refractivity contribution in [3.8, 4) is 11.3 Å². The van der Waals surface area contributed by atoms with E-state index in [1.807, 2.05) is 63.2 Å². The number of rotatable bonds is 4. The molecule has 0 spiro atoms. The molecule has 0 fully saturated rings. The third kappa shape index (κ3) is 3.88. The summed E-state index contributed by atoms with van der Waals surface area (Å²) in [5.74, 6) is -0.283. The Labute approximate surface area is 152 Å². The summed E-state index contributed by atoms with van der Waals surface area (Å²) in [5.41, 5.74) is 5.25. The van der Waals surface area contributed by atoms with Crippen molar-refractivity contribution < 1.29 is 4.79 Å². The Morgan fingerprint density at radius 2 is 1.73 bits per heavy atom. The zero-order valence-corrected chi connectivity index (χ0v) is 15.1. The Kier molecular flexibility index (Phi) is 4.98. The molecular weight excluding hydrogens is 326 g/mol. The van der Waals surface area contributed by atoms with Crippen LogP contribution in [0.2, 0.25) is 0 Å². The van der Waals surface area contributed by atoms with Gasteiger partial charge in [0.25, 0.3) is 5.56 Å². The number of nitrogens with one attached hydrogen (secondary N) is 1. The summed E-state index contributed by atoms with van der Waals surface area (Å²) in [6, 6.07) is 16.7. The Morgan fingerprint density at radius 3 is 2.46 bits per heavy atom. The van der Waals surface area contributed by atoms with Gasteiger partial charge in [-0.25, -0.2) is 4.68 Å². The van der Waals surface area contributed by atoms with E-state index in [1.54, 1.807) is 6.07 Å². The molecule has 1 N–H and O–H groups in total. The lowest BCUT2D eigenvalue weighted by molar-refractivity contribution is -0.117. The van der Waals surface area contributed by atoms with Gasteiger partial charge in [0.15, 0.2) is 0 Å². The predicted octanol–water partition coefficient (Wildman–Crippen LogP) is 3.47. The molecule has 0 radical (unpaired) electrons. The first kappa shape index (κ1) is 17.6. The number of hydrogen-bond acceptors (Lipinski definition) is 3. The molecule has 5 heteroatoms. The second-order valence-corrected chi connectivity index (χ2v) is 6.38. The molecule has 3 rings (SSSR count). The normalized spacial score (nSPS) is 10.6. The standard InChI is InChI=1S/C21H21N3O2/c1-14-7-9-17(10-8-14)19-11-12-21(26)24(23-19)13-20(25)22-18-6-4-5-15(2)16(18)3/h4-12H,13H2,1-3H3,(H,22,25). The van der Waals surface area contributed by atoms with Crippen LogP contribution >= 0.6 is 0 Å². The van der Waals surface area contributed by atoms with Crippen molar-refractivity contribution in [2.45, 2.75) is 27.3 Å². The molecule has 0 bridgehead atoms. The van der Waals surface area contributed by atoms with Gasteiger partial charge in [-0.15, -0.1) is 0 Å². The number of anilines is 1. The highest BCUT2D eigenvalue weighted by molar-refractivity contribution is 5.91. The van der Waals surface area contributed by atoms with E-state index >= 15 is 0 Å². The first-order valence-corrected chi connectivity index (χ1v) is 8.45. The van der Waals surface area contributed by atoms with Gasteiger partial charge in [-0.05, 0) is 44.0 Å². The number of amides is 1. The molecule has 0 saturated heterocycles. The van der Waals surface area contributed by atoms with Crippen LogP contribution in [0.15, 0.2) is 59.4 Å². The van der Waals surface area contributed by atoms with Crippen molar-refractivity contribution in [2.24, 2.45) is 0 Å². The molecule has 0 aliphatic carbocycles. The van der Waals surface area contributed by atoms with Crippen LogP contribution in [0.4, 0.5) is 5.69 Å². The monoisotopic (exact) mass is 347 g/mol. The minimum Gasteiger partial charge on any atom is -0.324 e. The zero-order valence-electron chi connectivity index (χ0n) is 15.1. The fraction of sp³-hybridized carbons (Fsp3) is 0.190. The molecule has 0 aliphatic rings. The number of hydrogen-bond donors (Lipinski definition) is 1. The molecule has 26 heavy (non-hydrogen) atoms. The Balaban J connectivity index is 1.82. The first-order chi connectivity index (χ1) is 12.4. The fourth-order valence-electron chi connectivity index (χ4n) is 2.65. The molecule has 1 aromatic heterocycles. The van der Waals surface area contributed by atoms with E-state index < -0.39 is 0 Å². The maximum atomic E-state index is 12.4.